The van der Waals surface area contributed by atoms with E-state index in [1.54, 1.807) is 24.3 Å². The molecule has 5 nitrogen and oxygen atoms in total. The number of nitrogens with zero attached hydrogens (tertiary/aromatic N) is 3. The van der Waals surface area contributed by atoms with E-state index in [2.05, 4.69) is 10.1 Å². The minimum absolute atomic E-state index is 0.131. The topological polar surface area (TPSA) is 67.5 Å². The highest BCUT2D eigenvalue weighted by Gasteiger charge is 2.12. The number of hydrogen-bond acceptors (Lipinski definition) is 3. The van der Waals surface area contributed by atoms with Crippen molar-refractivity contribution in [3.05, 3.63) is 52.1 Å². The molecule has 100 valence electrons. The molecule has 1 N–H and O–H groups in total. The third-order valence-corrected chi connectivity index (χ3v) is 3.31. The van der Waals surface area contributed by atoms with Gasteiger partial charge in [-0.3, -0.25) is 0 Å². The maximum Gasteiger partial charge on any atom is 0.337 e. The van der Waals surface area contributed by atoms with E-state index in [0.717, 1.165) is 0 Å². The largest absolute Gasteiger partial charge is 0.478 e. The Morgan fingerprint density at radius 2 is 2.00 bits per heavy atom. The van der Waals surface area contributed by atoms with Gasteiger partial charge >= 0.3 is 5.97 Å². The minimum atomic E-state index is -1.02. The molecule has 3 aromatic rings. The van der Waals surface area contributed by atoms with E-state index in [4.69, 9.17) is 28.3 Å². The van der Waals surface area contributed by atoms with E-state index >= 15 is 0 Å². The molecule has 0 aliphatic heterocycles. The third-order valence-electron chi connectivity index (χ3n) is 2.75. The van der Waals surface area contributed by atoms with Gasteiger partial charge in [-0.1, -0.05) is 23.2 Å². The summed E-state index contributed by atoms with van der Waals surface area (Å²) in [5.74, 6) is -0.634. The van der Waals surface area contributed by atoms with Crippen molar-refractivity contribution in [2.45, 2.75) is 0 Å². The maximum absolute atomic E-state index is 10.9. The van der Waals surface area contributed by atoms with Crippen LogP contribution in [0.1, 0.15) is 10.4 Å². The molecule has 0 aliphatic rings. The standard InChI is InChI=1S/C13H7Cl2N3O2/c14-8-2-3-10(15)9(5-8)12-16-11-4-1-7(13(19)20)6-18(11)17-12/h1-6H,(H,19,20). The predicted octanol–water partition coefficient (Wildman–Crippen LogP) is 3.40. The Bertz CT molecular complexity index is 830. The fourth-order valence-corrected chi connectivity index (χ4v) is 2.17. The van der Waals surface area contributed by atoms with Gasteiger partial charge in [0.15, 0.2) is 11.5 Å². The number of benzene rings is 1. The van der Waals surface area contributed by atoms with Gasteiger partial charge in [0.1, 0.15) is 0 Å². The zero-order chi connectivity index (χ0) is 14.3. The molecule has 0 fully saturated rings. The number of pyridine rings is 1. The van der Waals surface area contributed by atoms with Crippen molar-refractivity contribution < 1.29 is 9.90 Å². The van der Waals surface area contributed by atoms with E-state index in [1.807, 2.05) is 0 Å². The molecule has 0 spiro atoms. The van der Waals surface area contributed by atoms with E-state index < -0.39 is 5.97 Å². The van der Waals surface area contributed by atoms with Gasteiger partial charge in [0.05, 0.1) is 10.6 Å². The second-order valence-electron chi connectivity index (χ2n) is 4.09. The van der Waals surface area contributed by atoms with Crippen LogP contribution in [-0.4, -0.2) is 25.7 Å². The Morgan fingerprint density at radius 3 is 2.75 bits per heavy atom. The van der Waals surface area contributed by atoms with Gasteiger partial charge in [-0.2, -0.15) is 0 Å². The first-order valence-corrected chi connectivity index (χ1v) is 6.35. The van der Waals surface area contributed by atoms with Crippen molar-refractivity contribution in [3.8, 4) is 11.4 Å². The predicted molar refractivity (Wildman–Crippen MR) is 75.4 cm³/mol. The Hall–Kier alpha value is -2.11. The zero-order valence-corrected chi connectivity index (χ0v) is 11.4. The summed E-state index contributed by atoms with van der Waals surface area (Å²) >= 11 is 12.0. The number of aromatic carboxylic acids is 1. The van der Waals surface area contributed by atoms with E-state index in [1.165, 1.54) is 16.8 Å². The van der Waals surface area contributed by atoms with Crippen LogP contribution < -0.4 is 0 Å². The Morgan fingerprint density at radius 1 is 1.20 bits per heavy atom. The molecule has 0 saturated carbocycles. The third kappa shape index (κ3) is 2.21. The van der Waals surface area contributed by atoms with Gasteiger partial charge in [0.2, 0.25) is 0 Å². The number of halogens is 2. The molecule has 2 heterocycles. The lowest BCUT2D eigenvalue weighted by Crippen LogP contribution is -1.99. The maximum atomic E-state index is 10.9. The quantitative estimate of drug-likeness (QED) is 0.788. The first kappa shape index (κ1) is 12.9. The number of fused-ring (bicyclic) bond motifs is 1. The van der Waals surface area contributed by atoms with Crippen LogP contribution in [0, 0.1) is 0 Å². The molecule has 0 radical (unpaired) electrons. The van der Waals surface area contributed by atoms with Gasteiger partial charge in [-0.25, -0.2) is 14.3 Å². The summed E-state index contributed by atoms with van der Waals surface area (Å²) in [6.45, 7) is 0. The number of carboxylic acids is 1. The molecule has 0 unspecified atom stereocenters. The van der Waals surface area contributed by atoms with Gasteiger partial charge in [-0.05, 0) is 30.3 Å². The van der Waals surface area contributed by atoms with Gasteiger partial charge < -0.3 is 5.11 Å². The van der Waals surface area contributed by atoms with Crippen LogP contribution in [0.25, 0.3) is 17.0 Å². The van der Waals surface area contributed by atoms with E-state index in [9.17, 15) is 4.79 Å². The molecule has 20 heavy (non-hydrogen) atoms. The lowest BCUT2D eigenvalue weighted by molar-refractivity contribution is 0.0696. The average molecular weight is 308 g/mol. The first-order valence-electron chi connectivity index (χ1n) is 5.60. The normalized spacial score (nSPS) is 10.9. The minimum Gasteiger partial charge on any atom is -0.478 e. The highest BCUT2D eigenvalue weighted by Crippen LogP contribution is 2.28. The molecule has 3 rings (SSSR count). The van der Waals surface area contributed by atoms with Crippen LogP contribution in [0.4, 0.5) is 0 Å². The van der Waals surface area contributed by atoms with E-state index in [-0.39, 0.29) is 5.56 Å². The Kier molecular flexibility index (Phi) is 3.08. The monoisotopic (exact) mass is 307 g/mol. The second kappa shape index (κ2) is 4.77. The van der Waals surface area contributed by atoms with Gasteiger partial charge in [-0.15, -0.1) is 5.10 Å². The fraction of sp³-hybridized carbons (Fsp3) is 0. The molecule has 0 aliphatic carbocycles. The Balaban J connectivity index is 2.17. The molecule has 0 saturated heterocycles. The summed E-state index contributed by atoms with van der Waals surface area (Å²) in [6, 6.07) is 8.05. The first-order chi connectivity index (χ1) is 9.54. The summed E-state index contributed by atoms with van der Waals surface area (Å²) in [5, 5.41) is 14.2. The highest BCUT2D eigenvalue weighted by atomic mass is 35.5. The summed E-state index contributed by atoms with van der Waals surface area (Å²) in [4.78, 5) is 15.2. The van der Waals surface area contributed by atoms with Crippen molar-refractivity contribution in [2.24, 2.45) is 0 Å². The molecule has 0 atom stereocenters. The van der Waals surface area contributed by atoms with Crippen LogP contribution in [0.3, 0.4) is 0 Å². The van der Waals surface area contributed by atoms with Crippen LogP contribution in [0.2, 0.25) is 10.0 Å². The number of carbonyl (C=O) groups is 1. The summed E-state index contributed by atoms with van der Waals surface area (Å²) < 4.78 is 1.40. The molecule has 0 amide bonds. The van der Waals surface area contributed by atoms with Gasteiger partial charge in [0.25, 0.3) is 0 Å². The van der Waals surface area contributed by atoms with Crippen molar-refractivity contribution in [2.75, 3.05) is 0 Å². The second-order valence-corrected chi connectivity index (χ2v) is 4.93. The number of rotatable bonds is 2. The Labute approximate surface area is 123 Å². The lowest BCUT2D eigenvalue weighted by Gasteiger charge is -1.99. The number of carboxylic acid groups (broad SMARTS) is 1. The summed E-state index contributed by atoms with van der Waals surface area (Å²) in [7, 11) is 0. The van der Waals surface area contributed by atoms with Crippen molar-refractivity contribution in [1.82, 2.24) is 14.6 Å². The molecular weight excluding hydrogens is 301 g/mol. The SMILES string of the molecule is O=C(O)c1ccc2nc(-c3cc(Cl)ccc3Cl)nn2c1. The van der Waals surface area contributed by atoms with Crippen LogP contribution in [0.15, 0.2) is 36.5 Å². The average Bonchev–Trinajstić information content (AvgIpc) is 2.83. The lowest BCUT2D eigenvalue weighted by atomic mass is 10.2. The van der Waals surface area contributed by atoms with Crippen molar-refractivity contribution in [3.63, 3.8) is 0 Å². The highest BCUT2D eigenvalue weighted by molar-refractivity contribution is 6.35. The van der Waals surface area contributed by atoms with Crippen molar-refractivity contribution in [1.29, 1.82) is 0 Å². The number of aromatic nitrogens is 3. The summed E-state index contributed by atoms with van der Waals surface area (Å²) in [6.07, 6.45) is 1.40. The van der Waals surface area contributed by atoms with Gasteiger partial charge in [0, 0.05) is 16.8 Å². The van der Waals surface area contributed by atoms with Crippen LogP contribution in [0.5, 0.6) is 0 Å². The molecule has 0 bridgehead atoms. The van der Waals surface area contributed by atoms with E-state index in [0.29, 0.717) is 27.1 Å². The van der Waals surface area contributed by atoms with Crippen molar-refractivity contribution >= 4 is 34.8 Å². The smallest absolute Gasteiger partial charge is 0.337 e. The summed E-state index contributed by atoms with van der Waals surface area (Å²) in [5.41, 5.74) is 1.26. The fourth-order valence-electron chi connectivity index (χ4n) is 1.79. The van der Waals surface area contributed by atoms with Crippen LogP contribution >= 0.6 is 23.2 Å². The molecule has 2 aromatic heterocycles. The zero-order valence-electron chi connectivity index (χ0n) is 9.92. The molecule has 1 aromatic carbocycles. The molecule has 7 heteroatoms. The number of hydrogen-bond donors (Lipinski definition) is 1. The van der Waals surface area contributed by atoms with Crippen LogP contribution in [-0.2, 0) is 0 Å². The molecular formula is C13H7Cl2N3O2.